The zero-order chi connectivity index (χ0) is 20.8. The number of aryl methyl sites for hydroxylation is 2. The lowest BCUT2D eigenvalue weighted by Gasteiger charge is -2.16. The van der Waals surface area contributed by atoms with Crippen LogP contribution in [0.15, 0.2) is 29.2 Å². The van der Waals surface area contributed by atoms with E-state index in [1.54, 1.807) is 0 Å². The van der Waals surface area contributed by atoms with Gasteiger partial charge in [0.2, 0.25) is 0 Å². The number of hydrogen-bond donors (Lipinski definition) is 0. The SMILES string of the molecule is Cc1ccc(-c2cc(C(F)(F)C(F)(F)F)nn2C)cc1S(=O)CC(F)(F)F. The molecule has 0 saturated carbocycles. The fourth-order valence-corrected chi connectivity index (χ4v) is 3.41. The minimum absolute atomic E-state index is 0.00495. The normalized spacial score (nSPS) is 14.4. The van der Waals surface area contributed by atoms with Gasteiger partial charge in [0.25, 0.3) is 0 Å². The van der Waals surface area contributed by atoms with Crippen molar-refractivity contribution in [3.05, 3.63) is 35.5 Å². The molecule has 1 aromatic carbocycles. The molecule has 1 aromatic heterocycles. The second kappa shape index (κ2) is 6.88. The standard InChI is InChI=1S/C15H12F8N2OS/c1-8-3-4-9(5-11(8)27(26)7-13(16,17)18)10-6-12(24-25(10)2)14(19,20)15(21,22)23/h3-6H,7H2,1-2H3. The van der Waals surface area contributed by atoms with E-state index in [-0.39, 0.29) is 21.7 Å². The van der Waals surface area contributed by atoms with Crippen LogP contribution < -0.4 is 0 Å². The highest BCUT2D eigenvalue weighted by atomic mass is 32.2. The molecule has 0 bridgehead atoms. The fraction of sp³-hybridized carbons (Fsp3) is 0.400. The third-order valence-electron chi connectivity index (χ3n) is 3.58. The van der Waals surface area contributed by atoms with Gasteiger partial charge in [-0.15, -0.1) is 0 Å². The Morgan fingerprint density at radius 2 is 1.63 bits per heavy atom. The first-order valence-corrected chi connectivity index (χ1v) is 8.50. The summed E-state index contributed by atoms with van der Waals surface area (Å²) >= 11 is 0. The summed E-state index contributed by atoms with van der Waals surface area (Å²) in [6, 6.07) is 4.15. The van der Waals surface area contributed by atoms with Crippen LogP contribution in [0, 0.1) is 6.92 Å². The largest absolute Gasteiger partial charge is 0.459 e. The summed E-state index contributed by atoms with van der Waals surface area (Å²) in [5.41, 5.74) is -1.49. The third-order valence-corrected chi connectivity index (χ3v) is 5.10. The van der Waals surface area contributed by atoms with Gasteiger partial charge in [-0.3, -0.25) is 8.89 Å². The lowest BCUT2D eigenvalue weighted by molar-refractivity contribution is -0.291. The molecule has 3 nitrogen and oxygen atoms in total. The lowest BCUT2D eigenvalue weighted by Crippen LogP contribution is -2.34. The molecule has 0 N–H and O–H groups in total. The van der Waals surface area contributed by atoms with Gasteiger partial charge >= 0.3 is 18.3 Å². The van der Waals surface area contributed by atoms with E-state index in [4.69, 9.17) is 0 Å². The number of aromatic nitrogens is 2. The van der Waals surface area contributed by atoms with Gasteiger partial charge in [0.05, 0.1) is 16.5 Å². The van der Waals surface area contributed by atoms with Gasteiger partial charge in [-0.25, -0.2) is 0 Å². The van der Waals surface area contributed by atoms with Crippen molar-refractivity contribution >= 4 is 10.8 Å². The summed E-state index contributed by atoms with van der Waals surface area (Å²) in [5.74, 6) is -6.81. The molecule has 0 aliphatic heterocycles. The van der Waals surface area contributed by atoms with Crippen LogP contribution in [0.4, 0.5) is 35.1 Å². The van der Waals surface area contributed by atoms with Crippen LogP contribution >= 0.6 is 0 Å². The van der Waals surface area contributed by atoms with Gasteiger partial charge in [0.15, 0.2) is 0 Å². The summed E-state index contributed by atoms with van der Waals surface area (Å²) in [7, 11) is -1.35. The average Bonchev–Trinajstić information content (AvgIpc) is 2.87. The molecule has 1 heterocycles. The van der Waals surface area contributed by atoms with Crippen molar-refractivity contribution in [1.29, 1.82) is 0 Å². The lowest BCUT2D eigenvalue weighted by atomic mass is 10.1. The minimum Gasteiger partial charge on any atom is -0.267 e. The van der Waals surface area contributed by atoms with E-state index in [2.05, 4.69) is 5.10 Å². The van der Waals surface area contributed by atoms with E-state index < -0.39 is 40.5 Å². The number of halogens is 8. The van der Waals surface area contributed by atoms with E-state index in [1.165, 1.54) is 19.1 Å². The molecule has 0 radical (unpaired) electrons. The molecular weight excluding hydrogens is 408 g/mol. The van der Waals surface area contributed by atoms with Crippen molar-refractivity contribution in [2.24, 2.45) is 7.05 Å². The zero-order valence-corrected chi connectivity index (χ0v) is 14.6. The highest BCUT2D eigenvalue weighted by Gasteiger charge is 2.60. The molecular formula is C15H12F8N2OS. The minimum atomic E-state index is -5.86. The Labute approximate surface area is 150 Å². The highest BCUT2D eigenvalue weighted by molar-refractivity contribution is 7.85. The van der Waals surface area contributed by atoms with Crippen LogP contribution in [0.2, 0.25) is 0 Å². The fourth-order valence-electron chi connectivity index (χ4n) is 2.27. The molecule has 0 fully saturated rings. The topological polar surface area (TPSA) is 34.9 Å². The van der Waals surface area contributed by atoms with Crippen LogP contribution in [0.1, 0.15) is 11.3 Å². The maximum Gasteiger partial charge on any atom is 0.459 e. The zero-order valence-electron chi connectivity index (χ0n) is 13.8. The second-order valence-electron chi connectivity index (χ2n) is 5.70. The Morgan fingerprint density at radius 3 is 2.15 bits per heavy atom. The Balaban J connectivity index is 2.49. The number of rotatable bonds is 4. The molecule has 12 heteroatoms. The first-order chi connectivity index (χ1) is 12.1. The molecule has 2 rings (SSSR count). The van der Waals surface area contributed by atoms with E-state index >= 15 is 0 Å². The molecule has 1 atom stereocenters. The molecule has 1 unspecified atom stereocenters. The molecule has 0 saturated heterocycles. The van der Waals surface area contributed by atoms with Gasteiger partial charge in [-0.05, 0) is 24.6 Å². The van der Waals surface area contributed by atoms with Crippen molar-refractivity contribution < 1.29 is 39.3 Å². The van der Waals surface area contributed by atoms with Gasteiger partial charge in [-0.2, -0.15) is 40.2 Å². The van der Waals surface area contributed by atoms with Crippen LogP contribution in [0.5, 0.6) is 0 Å². The molecule has 2 aromatic rings. The smallest absolute Gasteiger partial charge is 0.267 e. The first-order valence-electron chi connectivity index (χ1n) is 7.18. The summed E-state index contributed by atoms with van der Waals surface area (Å²) in [6.07, 6.45) is -10.5. The molecule has 0 aliphatic rings. The summed E-state index contributed by atoms with van der Waals surface area (Å²) in [5, 5.41) is 3.17. The molecule has 0 aliphatic carbocycles. The monoisotopic (exact) mass is 420 g/mol. The summed E-state index contributed by atoms with van der Waals surface area (Å²) < 4.78 is 114. The average molecular weight is 420 g/mol. The predicted octanol–water partition coefficient (Wildman–Crippen LogP) is 4.72. The Bertz CT molecular complexity index is 870. The number of benzene rings is 1. The van der Waals surface area contributed by atoms with Gasteiger partial charge < -0.3 is 0 Å². The van der Waals surface area contributed by atoms with Gasteiger partial charge in [-0.1, -0.05) is 12.1 Å². The quantitative estimate of drug-likeness (QED) is 0.671. The van der Waals surface area contributed by atoms with Crippen molar-refractivity contribution in [3.63, 3.8) is 0 Å². The maximum atomic E-state index is 13.5. The highest BCUT2D eigenvalue weighted by Crippen LogP contribution is 2.44. The maximum absolute atomic E-state index is 13.5. The van der Waals surface area contributed by atoms with Gasteiger partial charge in [0.1, 0.15) is 11.4 Å². The van der Waals surface area contributed by atoms with E-state index in [9.17, 15) is 39.3 Å². The third kappa shape index (κ3) is 4.47. The Hall–Kier alpha value is -1.98. The van der Waals surface area contributed by atoms with E-state index in [0.717, 1.165) is 17.8 Å². The summed E-state index contributed by atoms with van der Waals surface area (Å²) in [6.45, 7) is 1.40. The van der Waals surface area contributed by atoms with Crippen molar-refractivity contribution in [1.82, 2.24) is 9.78 Å². The van der Waals surface area contributed by atoms with Crippen molar-refractivity contribution in [2.75, 3.05) is 5.75 Å². The molecule has 0 amide bonds. The number of nitrogens with zero attached hydrogens (tertiary/aromatic N) is 2. The Morgan fingerprint density at radius 1 is 1.04 bits per heavy atom. The van der Waals surface area contributed by atoms with Crippen LogP contribution in [-0.2, 0) is 23.8 Å². The first kappa shape index (κ1) is 21.3. The molecule has 150 valence electrons. The van der Waals surface area contributed by atoms with E-state index in [0.29, 0.717) is 6.07 Å². The Kier molecular flexibility index (Phi) is 5.43. The molecule has 27 heavy (non-hydrogen) atoms. The number of alkyl halides is 8. The number of hydrogen-bond acceptors (Lipinski definition) is 2. The second-order valence-corrected chi connectivity index (χ2v) is 7.12. The van der Waals surface area contributed by atoms with Crippen LogP contribution in [0.3, 0.4) is 0 Å². The summed E-state index contributed by atoms with van der Waals surface area (Å²) in [4.78, 5) is -0.199. The van der Waals surface area contributed by atoms with Crippen LogP contribution in [0.25, 0.3) is 11.3 Å². The van der Waals surface area contributed by atoms with Gasteiger partial charge in [0, 0.05) is 17.5 Å². The molecule has 0 spiro atoms. The van der Waals surface area contributed by atoms with Crippen molar-refractivity contribution in [2.45, 2.75) is 30.1 Å². The van der Waals surface area contributed by atoms with E-state index in [1.807, 2.05) is 0 Å². The van der Waals surface area contributed by atoms with Crippen molar-refractivity contribution in [3.8, 4) is 11.3 Å². The van der Waals surface area contributed by atoms with Crippen LogP contribution in [-0.4, -0.2) is 32.1 Å². The predicted molar refractivity (Wildman–Crippen MR) is 80.7 cm³/mol.